The van der Waals surface area contributed by atoms with Crippen molar-refractivity contribution in [3.05, 3.63) is 29.1 Å². The molecule has 3 nitrogen and oxygen atoms in total. The molecular weight excluding hydrogens is 248 g/mol. The van der Waals surface area contributed by atoms with Gasteiger partial charge in [0.05, 0.1) is 13.5 Å². The maximum atomic E-state index is 11.2. The maximum absolute atomic E-state index is 11.2. The molecule has 2 rings (SSSR count). The van der Waals surface area contributed by atoms with Gasteiger partial charge < -0.3 is 9.03 Å². The molecule has 0 aliphatic heterocycles. The molecule has 0 aliphatic carbocycles. The Morgan fingerprint density at radius 3 is 3.00 bits per heavy atom. The Labute approximate surface area is 102 Å². The van der Waals surface area contributed by atoms with Crippen molar-refractivity contribution in [2.75, 3.05) is 7.11 Å². The summed E-state index contributed by atoms with van der Waals surface area (Å²) < 4.78 is 10.4. The Bertz CT molecular complexity index is 521. The molecule has 0 saturated carbocycles. The number of thiophene rings is 1. The minimum Gasteiger partial charge on any atom is -0.469 e. The van der Waals surface area contributed by atoms with Crippen LogP contribution in [-0.4, -0.2) is 13.1 Å². The van der Waals surface area contributed by atoms with Gasteiger partial charge in [0.25, 0.3) is 0 Å². The molecule has 0 N–H and O–H groups in total. The highest BCUT2D eigenvalue weighted by atomic mass is 35.5. The van der Waals surface area contributed by atoms with Gasteiger partial charge in [-0.2, -0.15) is 0 Å². The van der Waals surface area contributed by atoms with Crippen molar-refractivity contribution in [1.29, 1.82) is 0 Å². The van der Waals surface area contributed by atoms with E-state index in [2.05, 4.69) is 9.03 Å². The first-order valence-corrected chi connectivity index (χ1v) is 5.79. The van der Waals surface area contributed by atoms with E-state index < -0.39 is 0 Å². The largest absolute Gasteiger partial charge is 0.469 e. The van der Waals surface area contributed by atoms with Gasteiger partial charge in [0.2, 0.25) is 0 Å². The van der Waals surface area contributed by atoms with Crippen molar-refractivity contribution >= 4 is 39.3 Å². The monoisotopic (exact) mass is 256 g/mol. The quantitative estimate of drug-likeness (QED) is 0.792. The van der Waals surface area contributed by atoms with Gasteiger partial charge in [-0.15, -0.1) is 11.3 Å². The van der Waals surface area contributed by atoms with Crippen LogP contribution in [0.1, 0.15) is 5.56 Å². The summed E-state index contributed by atoms with van der Waals surface area (Å²) in [5, 5.41) is 2.92. The van der Waals surface area contributed by atoms with Gasteiger partial charge in [0.15, 0.2) is 0 Å². The Hall–Kier alpha value is -1.26. The molecule has 0 amide bonds. The highest BCUT2D eigenvalue weighted by molar-refractivity contribution is 7.17. The number of esters is 1. The third kappa shape index (κ3) is 2.13. The van der Waals surface area contributed by atoms with Crippen molar-refractivity contribution in [1.82, 2.24) is 0 Å². The first kappa shape index (κ1) is 11.2. The van der Waals surface area contributed by atoms with E-state index in [-0.39, 0.29) is 12.4 Å². The first-order chi connectivity index (χ1) is 7.74. The minimum absolute atomic E-state index is 0.253. The zero-order chi connectivity index (χ0) is 11.5. The van der Waals surface area contributed by atoms with Gasteiger partial charge in [0.1, 0.15) is 17.6 Å². The van der Waals surface area contributed by atoms with Crippen molar-refractivity contribution in [3.63, 3.8) is 0 Å². The van der Waals surface area contributed by atoms with Crippen LogP contribution in [0.2, 0.25) is 0 Å². The Morgan fingerprint density at radius 2 is 2.31 bits per heavy atom. The molecule has 84 valence electrons. The molecule has 1 aromatic heterocycles. The molecule has 5 heteroatoms. The van der Waals surface area contributed by atoms with E-state index in [4.69, 9.17) is 11.9 Å². The number of hydrogen-bond donors (Lipinski definition) is 0. The van der Waals surface area contributed by atoms with Gasteiger partial charge in [-0.05, 0) is 34.5 Å². The number of methoxy groups -OCH3 is 1. The third-order valence-electron chi connectivity index (χ3n) is 2.28. The van der Waals surface area contributed by atoms with E-state index in [0.29, 0.717) is 5.75 Å². The Balaban J connectivity index is 2.41. The number of ether oxygens (including phenoxy) is 1. The van der Waals surface area contributed by atoms with Gasteiger partial charge in [-0.3, -0.25) is 4.79 Å². The topological polar surface area (TPSA) is 35.5 Å². The molecule has 0 aliphatic rings. The Kier molecular flexibility index (Phi) is 3.31. The van der Waals surface area contributed by atoms with Crippen LogP contribution in [0.25, 0.3) is 10.1 Å². The van der Waals surface area contributed by atoms with Crippen molar-refractivity contribution in [2.24, 2.45) is 0 Å². The van der Waals surface area contributed by atoms with E-state index in [0.717, 1.165) is 15.6 Å². The lowest BCUT2D eigenvalue weighted by Crippen LogP contribution is -2.03. The summed E-state index contributed by atoms with van der Waals surface area (Å²) in [6.07, 6.45) is 0.266. The van der Waals surface area contributed by atoms with Crippen molar-refractivity contribution < 1.29 is 13.8 Å². The number of benzene rings is 1. The smallest absolute Gasteiger partial charge is 0.310 e. The van der Waals surface area contributed by atoms with Gasteiger partial charge >= 0.3 is 5.97 Å². The van der Waals surface area contributed by atoms with Gasteiger partial charge in [-0.1, -0.05) is 0 Å². The zero-order valence-corrected chi connectivity index (χ0v) is 10.1. The normalized spacial score (nSPS) is 10.4. The number of rotatable bonds is 3. The SMILES string of the molecule is COC(=O)Cc1csc2ccc(OCl)cc12. The molecule has 2 aromatic rings. The molecule has 16 heavy (non-hydrogen) atoms. The standard InChI is InChI=1S/C11H9ClO3S/c1-14-11(13)4-7-6-16-10-3-2-8(15-12)5-9(7)10/h2-3,5-6H,4H2,1H3. The van der Waals surface area contributed by atoms with Crippen LogP contribution < -0.4 is 4.29 Å². The van der Waals surface area contributed by atoms with E-state index >= 15 is 0 Å². The molecule has 0 unspecified atom stereocenters. The second kappa shape index (κ2) is 4.72. The number of carbonyl (C=O) groups is 1. The molecule has 1 heterocycles. The highest BCUT2D eigenvalue weighted by Crippen LogP contribution is 2.30. The predicted octanol–water partition coefficient (Wildman–Crippen LogP) is 3.15. The Morgan fingerprint density at radius 1 is 1.50 bits per heavy atom. The zero-order valence-electron chi connectivity index (χ0n) is 8.53. The lowest BCUT2D eigenvalue weighted by Gasteiger charge is -1.99. The molecule has 0 fully saturated rings. The summed E-state index contributed by atoms with van der Waals surface area (Å²) in [4.78, 5) is 11.2. The molecule has 0 atom stereocenters. The van der Waals surface area contributed by atoms with Gasteiger partial charge in [-0.25, -0.2) is 0 Å². The number of hydrogen-bond acceptors (Lipinski definition) is 4. The lowest BCUT2D eigenvalue weighted by molar-refractivity contribution is -0.139. The highest BCUT2D eigenvalue weighted by Gasteiger charge is 2.10. The second-order valence-electron chi connectivity index (χ2n) is 3.25. The summed E-state index contributed by atoms with van der Waals surface area (Å²) >= 11 is 6.87. The molecule has 0 saturated heterocycles. The van der Waals surface area contributed by atoms with E-state index in [1.807, 2.05) is 17.5 Å². The molecular formula is C11H9ClO3S. The van der Waals surface area contributed by atoms with Crippen LogP contribution in [0.15, 0.2) is 23.6 Å². The summed E-state index contributed by atoms with van der Waals surface area (Å²) in [5.41, 5.74) is 0.933. The average Bonchev–Trinajstić information content (AvgIpc) is 2.71. The number of fused-ring (bicyclic) bond motifs is 1. The average molecular weight is 257 g/mol. The van der Waals surface area contributed by atoms with E-state index in [1.165, 1.54) is 7.11 Å². The first-order valence-electron chi connectivity index (χ1n) is 4.60. The summed E-state index contributed by atoms with van der Waals surface area (Å²) in [5.74, 6) is 0.315. The fourth-order valence-electron chi connectivity index (χ4n) is 1.47. The number of halogens is 1. The predicted molar refractivity (Wildman–Crippen MR) is 64.0 cm³/mol. The van der Waals surface area contributed by atoms with Crippen LogP contribution in [0.3, 0.4) is 0 Å². The summed E-state index contributed by atoms with van der Waals surface area (Å²) in [7, 11) is 1.38. The van der Waals surface area contributed by atoms with Crippen LogP contribution in [0.4, 0.5) is 0 Å². The fourth-order valence-corrected chi connectivity index (χ4v) is 2.51. The minimum atomic E-state index is -0.253. The van der Waals surface area contributed by atoms with Crippen LogP contribution in [0, 0.1) is 0 Å². The van der Waals surface area contributed by atoms with Crippen LogP contribution in [0.5, 0.6) is 5.75 Å². The van der Waals surface area contributed by atoms with Crippen LogP contribution in [-0.2, 0) is 16.0 Å². The summed E-state index contributed by atoms with van der Waals surface area (Å²) in [6.45, 7) is 0. The third-order valence-corrected chi connectivity index (χ3v) is 3.47. The van der Waals surface area contributed by atoms with E-state index in [1.54, 1.807) is 17.4 Å². The van der Waals surface area contributed by atoms with Crippen LogP contribution >= 0.6 is 23.2 Å². The number of carbonyl (C=O) groups excluding carboxylic acids is 1. The second-order valence-corrected chi connectivity index (χ2v) is 4.31. The van der Waals surface area contributed by atoms with Crippen molar-refractivity contribution in [2.45, 2.75) is 6.42 Å². The summed E-state index contributed by atoms with van der Waals surface area (Å²) in [6, 6.07) is 5.52. The van der Waals surface area contributed by atoms with E-state index in [9.17, 15) is 4.79 Å². The maximum Gasteiger partial charge on any atom is 0.310 e. The molecule has 0 spiro atoms. The molecule has 0 radical (unpaired) electrons. The van der Waals surface area contributed by atoms with Crippen molar-refractivity contribution in [3.8, 4) is 5.75 Å². The molecule has 1 aromatic carbocycles. The molecule has 0 bridgehead atoms. The lowest BCUT2D eigenvalue weighted by atomic mass is 10.1. The fraction of sp³-hybridized carbons (Fsp3) is 0.182. The van der Waals surface area contributed by atoms with Gasteiger partial charge in [0, 0.05) is 4.70 Å².